The van der Waals surface area contributed by atoms with E-state index in [1.165, 1.54) is 18.2 Å². The van der Waals surface area contributed by atoms with Gasteiger partial charge in [-0.1, -0.05) is 12.1 Å². The Balaban J connectivity index is 2.04. The van der Waals surface area contributed by atoms with Gasteiger partial charge in [0.15, 0.2) is 0 Å². The monoisotopic (exact) mass is 295 g/mol. The lowest BCUT2D eigenvalue weighted by atomic mass is 10.2. The molecule has 1 aromatic carbocycles. The number of aromatic nitrogens is 1. The predicted molar refractivity (Wildman–Crippen MR) is 67.5 cm³/mol. The van der Waals surface area contributed by atoms with Gasteiger partial charge in [-0.05, 0) is 25.0 Å². The summed E-state index contributed by atoms with van der Waals surface area (Å²) in [6, 6.07) is 5.98. The van der Waals surface area contributed by atoms with Gasteiger partial charge < -0.3 is 14.3 Å². The molecule has 0 aliphatic heterocycles. The summed E-state index contributed by atoms with van der Waals surface area (Å²) in [4.78, 5) is 15.3. The van der Waals surface area contributed by atoms with Crippen LogP contribution in [0.3, 0.4) is 0 Å². The number of aromatic carboxylic acids is 1. The normalized spacial score (nSPS) is 14.4. The number of alkyl halides is 2. The number of carboxylic acid groups (broad SMARTS) is 1. The number of para-hydroxylation sites is 1. The lowest BCUT2D eigenvalue weighted by molar-refractivity contribution is -0.0495. The first-order valence-corrected chi connectivity index (χ1v) is 6.34. The zero-order valence-corrected chi connectivity index (χ0v) is 10.8. The lowest BCUT2D eigenvalue weighted by Gasteiger charge is -2.07. The summed E-state index contributed by atoms with van der Waals surface area (Å²) in [5.74, 6) is -1.52. The Bertz CT molecular complexity index is 679. The molecule has 1 saturated carbocycles. The second-order valence-corrected chi connectivity index (χ2v) is 4.69. The summed E-state index contributed by atoms with van der Waals surface area (Å²) in [5, 5.41) is 9.13. The Morgan fingerprint density at radius 2 is 2.10 bits per heavy atom. The molecule has 0 unspecified atom stereocenters. The number of rotatable bonds is 5. The van der Waals surface area contributed by atoms with Crippen LogP contribution in [0, 0.1) is 0 Å². The number of hydrogen-bond donors (Lipinski definition) is 1. The molecule has 7 heteroatoms. The molecular formula is C14H11F2NO4. The van der Waals surface area contributed by atoms with Gasteiger partial charge in [-0.2, -0.15) is 8.78 Å². The van der Waals surface area contributed by atoms with Crippen LogP contribution in [-0.2, 0) is 0 Å². The average Bonchev–Trinajstić information content (AvgIpc) is 3.17. The first-order chi connectivity index (χ1) is 10.1. The quantitative estimate of drug-likeness (QED) is 0.913. The van der Waals surface area contributed by atoms with E-state index in [4.69, 9.17) is 9.52 Å². The van der Waals surface area contributed by atoms with Crippen molar-refractivity contribution < 1.29 is 27.8 Å². The number of ether oxygens (including phenoxy) is 1. The molecule has 2 aromatic rings. The summed E-state index contributed by atoms with van der Waals surface area (Å²) in [7, 11) is 0. The molecule has 0 atom stereocenters. The molecule has 0 amide bonds. The number of hydrogen-bond acceptors (Lipinski definition) is 4. The van der Waals surface area contributed by atoms with E-state index in [0.717, 1.165) is 12.8 Å². The van der Waals surface area contributed by atoms with Gasteiger partial charge in [0, 0.05) is 5.92 Å². The van der Waals surface area contributed by atoms with Crippen LogP contribution in [-0.4, -0.2) is 22.7 Å². The third kappa shape index (κ3) is 2.72. The number of carboxylic acids is 1. The summed E-state index contributed by atoms with van der Waals surface area (Å²) < 4.78 is 34.5. The standard InChI is InChI=1S/C14H11F2NO4/c15-14(16)20-9-4-2-1-3-8(9)12-17-10(7-5-6-7)11(21-12)13(18)19/h1-4,7,14H,5-6H2,(H,18,19). The fraction of sp³-hybridized carbons (Fsp3) is 0.286. The van der Waals surface area contributed by atoms with Gasteiger partial charge in [-0.15, -0.1) is 0 Å². The van der Waals surface area contributed by atoms with E-state index in [0.29, 0.717) is 5.69 Å². The van der Waals surface area contributed by atoms with Gasteiger partial charge in [0.1, 0.15) is 5.75 Å². The van der Waals surface area contributed by atoms with Gasteiger partial charge >= 0.3 is 12.6 Å². The van der Waals surface area contributed by atoms with E-state index >= 15 is 0 Å². The molecule has 21 heavy (non-hydrogen) atoms. The van der Waals surface area contributed by atoms with E-state index in [2.05, 4.69) is 9.72 Å². The first-order valence-electron chi connectivity index (χ1n) is 6.34. The maximum absolute atomic E-state index is 12.4. The third-order valence-corrected chi connectivity index (χ3v) is 3.15. The minimum Gasteiger partial charge on any atom is -0.475 e. The molecule has 110 valence electrons. The second-order valence-electron chi connectivity index (χ2n) is 4.69. The molecular weight excluding hydrogens is 284 g/mol. The minimum atomic E-state index is -2.98. The topological polar surface area (TPSA) is 72.6 Å². The van der Waals surface area contributed by atoms with Gasteiger partial charge in [-0.3, -0.25) is 0 Å². The first kappa shape index (κ1) is 13.5. The number of halogens is 2. The van der Waals surface area contributed by atoms with Crippen LogP contribution in [0.1, 0.15) is 35.0 Å². The van der Waals surface area contributed by atoms with Crippen LogP contribution in [0.2, 0.25) is 0 Å². The van der Waals surface area contributed by atoms with Crippen molar-refractivity contribution >= 4 is 5.97 Å². The zero-order valence-electron chi connectivity index (χ0n) is 10.8. The van der Waals surface area contributed by atoms with Crippen LogP contribution < -0.4 is 4.74 Å². The van der Waals surface area contributed by atoms with Crippen molar-refractivity contribution in [2.75, 3.05) is 0 Å². The Morgan fingerprint density at radius 1 is 1.38 bits per heavy atom. The van der Waals surface area contributed by atoms with E-state index < -0.39 is 12.6 Å². The van der Waals surface area contributed by atoms with Crippen LogP contribution in [0.25, 0.3) is 11.5 Å². The average molecular weight is 295 g/mol. The Labute approximate surface area is 118 Å². The van der Waals surface area contributed by atoms with E-state index in [1.807, 2.05) is 0 Å². The maximum Gasteiger partial charge on any atom is 0.387 e. The molecule has 1 N–H and O–H groups in total. The summed E-state index contributed by atoms with van der Waals surface area (Å²) in [6.07, 6.45) is 1.70. The molecule has 1 fully saturated rings. The molecule has 1 heterocycles. The highest BCUT2D eigenvalue weighted by Gasteiger charge is 2.34. The fourth-order valence-corrected chi connectivity index (χ4v) is 2.08. The van der Waals surface area contributed by atoms with Crippen LogP contribution in [0.5, 0.6) is 5.75 Å². The van der Waals surface area contributed by atoms with Crippen molar-refractivity contribution in [1.82, 2.24) is 4.98 Å². The molecule has 1 aliphatic rings. The van der Waals surface area contributed by atoms with Crippen molar-refractivity contribution in [2.45, 2.75) is 25.4 Å². The SMILES string of the molecule is O=C(O)c1oc(-c2ccccc2OC(F)F)nc1C1CC1. The molecule has 0 spiro atoms. The molecule has 0 bridgehead atoms. The Morgan fingerprint density at radius 3 is 2.71 bits per heavy atom. The highest BCUT2D eigenvalue weighted by atomic mass is 19.3. The van der Waals surface area contributed by atoms with Crippen molar-refractivity contribution in [1.29, 1.82) is 0 Å². The van der Waals surface area contributed by atoms with Crippen LogP contribution >= 0.6 is 0 Å². The summed E-state index contributed by atoms with van der Waals surface area (Å²) >= 11 is 0. The van der Waals surface area contributed by atoms with E-state index in [-0.39, 0.29) is 28.9 Å². The molecule has 1 aliphatic carbocycles. The second kappa shape index (κ2) is 5.16. The smallest absolute Gasteiger partial charge is 0.387 e. The van der Waals surface area contributed by atoms with Crippen molar-refractivity contribution in [3.8, 4) is 17.2 Å². The van der Waals surface area contributed by atoms with Gasteiger partial charge in [0.2, 0.25) is 11.7 Å². The summed E-state index contributed by atoms with van der Waals surface area (Å²) in [6.45, 7) is -2.98. The van der Waals surface area contributed by atoms with Crippen LogP contribution in [0.15, 0.2) is 28.7 Å². The largest absolute Gasteiger partial charge is 0.475 e. The van der Waals surface area contributed by atoms with Crippen LogP contribution in [0.4, 0.5) is 8.78 Å². The molecule has 1 aromatic heterocycles. The summed E-state index contributed by atoms with van der Waals surface area (Å²) in [5.41, 5.74) is 0.566. The maximum atomic E-state index is 12.4. The molecule has 0 saturated heterocycles. The van der Waals surface area contributed by atoms with Gasteiger partial charge in [-0.25, -0.2) is 9.78 Å². The highest BCUT2D eigenvalue weighted by Crippen LogP contribution is 2.43. The number of carbonyl (C=O) groups is 1. The molecule has 3 rings (SSSR count). The molecule has 5 nitrogen and oxygen atoms in total. The third-order valence-electron chi connectivity index (χ3n) is 3.15. The number of oxazole rings is 1. The van der Waals surface area contributed by atoms with Gasteiger partial charge in [0.05, 0.1) is 11.3 Å². The highest BCUT2D eigenvalue weighted by molar-refractivity contribution is 5.86. The zero-order chi connectivity index (χ0) is 15.0. The van der Waals surface area contributed by atoms with E-state index in [1.54, 1.807) is 6.07 Å². The van der Waals surface area contributed by atoms with Crippen molar-refractivity contribution in [3.05, 3.63) is 35.7 Å². The number of nitrogens with zero attached hydrogens (tertiary/aromatic N) is 1. The lowest BCUT2D eigenvalue weighted by Crippen LogP contribution is -2.03. The Hall–Kier alpha value is -2.44. The predicted octanol–water partition coefficient (Wildman–Crippen LogP) is 3.52. The van der Waals surface area contributed by atoms with Gasteiger partial charge in [0.25, 0.3) is 0 Å². The molecule has 0 radical (unpaired) electrons. The fourth-order valence-electron chi connectivity index (χ4n) is 2.08. The van der Waals surface area contributed by atoms with E-state index in [9.17, 15) is 13.6 Å². The number of benzene rings is 1. The van der Waals surface area contributed by atoms with Crippen molar-refractivity contribution in [3.63, 3.8) is 0 Å². The van der Waals surface area contributed by atoms with Crippen molar-refractivity contribution in [2.24, 2.45) is 0 Å². The Kier molecular flexibility index (Phi) is 3.32. The minimum absolute atomic E-state index is 0.0226.